The second-order valence-corrected chi connectivity index (χ2v) is 5.89. The van der Waals surface area contributed by atoms with Gasteiger partial charge in [-0.15, -0.1) is 0 Å². The van der Waals surface area contributed by atoms with Gasteiger partial charge in [0.25, 0.3) is 0 Å². The molecule has 1 aliphatic carbocycles. The van der Waals surface area contributed by atoms with Crippen LogP contribution in [0.5, 0.6) is 0 Å². The molecule has 2 amide bonds. The number of rotatable bonds is 3. The molecule has 1 heterocycles. The summed E-state index contributed by atoms with van der Waals surface area (Å²) in [4.78, 5) is 14.2. The molecule has 0 spiro atoms. The number of urea groups is 1. The zero-order valence-electron chi connectivity index (χ0n) is 11.6. The molecule has 19 heavy (non-hydrogen) atoms. The summed E-state index contributed by atoms with van der Waals surface area (Å²) in [5.41, 5.74) is 2.63. The number of amides is 2. The number of carbonyl (C=O) groups excluding carboxylic acids is 1. The molecule has 102 valence electrons. The first kappa shape index (κ1) is 12.5. The van der Waals surface area contributed by atoms with Crippen LogP contribution in [-0.4, -0.2) is 30.1 Å². The third-order valence-electron chi connectivity index (χ3n) is 4.60. The van der Waals surface area contributed by atoms with Gasteiger partial charge in [-0.25, -0.2) is 4.79 Å². The number of carbonyl (C=O) groups is 1. The number of nitrogens with zero attached hydrogens (tertiary/aromatic N) is 1. The minimum atomic E-state index is 0.140. The Hall–Kier alpha value is -1.51. The largest absolute Gasteiger partial charge is 0.338 e. The quantitative estimate of drug-likeness (QED) is 0.888. The van der Waals surface area contributed by atoms with Gasteiger partial charge in [-0.1, -0.05) is 24.3 Å². The van der Waals surface area contributed by atoms with Gasteiger partial charge in [0.2, 0.25) is 0 Å². The topological polar surface area (TPSA) is 32.3 Å². The van der Waals surface area contributed by atoms with Crippen molar-refractivity contribution in [3.05, 3.63) is 35.4 Å². The number of hydrogen-bond acceptors (Lipinski definition) is 1. The maximum Gasteiger partial charge on any atom is 0.317 e. The van der Waals surface area contributed by atoms with Crippen LogP contribution in [0.4, 0.5) is 4.79 Å². The van der Waals surface area contributed by atoms with Crippen molar-refractivity contribution >= 4 is 6.03 Å². The van der Waals surface area contributed by atoms with Gasteiger partial charge in [0.15, 0.2) is 0 Å². The predicted molar refractivity (Wildman–Crippen MR) is 76.1 cm³/mol. The van der Waals surface area contributed by atoms with Crippen molar-refractivity contribution < 1.29 is 4.79 Å². The number of fused-ring (bicyclic) bond motifs is 2. The highest BCUT2D eigenvalue weighted by atomic mass is 16.2. The summed E-state index contributed by atoms with van der Waals surface area (Å²) in [6, 6.07) is 9.03. The smallest absolute Gasteiger partial charge is 0.317 e. The molecule has 2 aliphatic rings. The molecule has 0 radical (unpaired) electrons. The molecule has 2 fully saturated rings. The molecule has 1 saturated heterocycles. The van der Waals surface area contributed by atoms with Crippen molar-refractivity contribution in [2.45, 2.75) is 38.6 Å². The lowest BCUT2D eigenvalue weighted by atomic mass is 10.1. The van der Waals surface area contributed by atoms with Gasteiger partial charge < -0.3 is 10.2 Å². The van der Waals surface area contributed by atoms with Crippen LogP contribution >= 0.6 is 0 Å². The molecular weight excluding hydrogens is 236 g/mol. The molecule has 1 aromatic carbocycles. The van der Waals surface area contributed by atoms with Crippen LogP contribution < -0.4 is 5.32 Å². The highest BCUT2D eigenvalue weighted by molar-refractivity contribution is 5.75. The van der Waals surface area contributed by atoms with Gasteiger partial charge >= 0.3 is 6.03 Å². The molecule has 0 unspecified atom stereocenters. The average Bonchev–Trinajstić information content (AvgIpc) is 3.03. The van der Waals surface area contributed by atoms with E-state index in [9.17, 15) is 4.79 Å². The lowest BCUT2D eigenvalue weighted by Gasteiger charge is -2.27. The monoisotopic (exact) mass is 258 g/mol. The fourth-order valence-electron chi connectivity index (χ4n) is 3.47. The van der Waals surface area contributed by atoms with Gasteiger partial charge in [0.05, 0.1) is 0 Å². The summed E-state index contributed by atoms with van der Waals surface area (Å²) in [5.74, 6) is 0.770. The second-order valence-electron chi connectivity index (χ2n) is 5.89. The van der Waals surface area contributed by atoms with Gasteiger partial charge in [-0.2, -0.15) is 0 Å². The van der Waals surface area contributed by atoms with Crippen LogP contribution in [0.2, 0.25) is 0 Å². The minimum absolute atomic E-state index is 0.140. The van der Waals surface area contributed by atoms with Crippen molar-refractivity contribution in [2.24, 2.45) is 5.92 Å². The lowest BCUT2D eigenvalue weighted by molar-refractivity contribution is 0.181. The molecule has 2 atom stereocenters. The Bertz CT molecular complexity index is 472. The standard InChI is InChI=1S/C16H22N2O/c1-12-4-2-3-5-14(12)8-9-17-16(19)18-11-13-6-7-15(18)10-13/h2-5,13,15H,6-11H2,1H3,(H,17,19)/t13-,15-/m0/s1. The van der Waals surface area contributed by atoms with Crippen molar-refractivity contribution in [3.8, 4) is 0 Å². The van der Waals surface area contributed by atoms with Crippen molar-refractivity contribution in [1.29, 1.82) is 0 Å². The molecule has 1 saturated carbocycles. The maximum atomic E-state index is 12.1. The molecule has 3 rings (SSSR count). The number of nitrogens with one attached hydrogen (secondary N) is 1. The van der Waals surface area contributed by atoms with Crippen molar-refractivity contribution in [3.63, 3.8) is 0 Å². The SMILES string of the molecule is Cc1ccccc1CCNC(=O)N1C[C@H]2CC[C@H]1C2. The first-order valence-electron chi connectivity index (χ1n) is 7.33. The summed E-state index contributed by atoms with van der Waals surface area (Å²) in [5, 5.41) is 3.07. The first-order valence-corrected chi connectivity index (χ1v) is 7.33. The normalized spacial score (nSPS) is 24.8. The maximum absolute atomic E-state index is 12.1. The highest BCUT2D eigenvalue weighted by Crippen LogP contribution is 2.37. The van der Waals surface area contributed by atoms with Crippen LogP contribution in [0.1, 0.15) is 30.4 Å². The van der Waals surface area contributed by atoms with E-state index < -0.39 is 0 Å². The number of aryl methyl sites for hydroxylation is 1. The summed E-state index contributed by atoms with van der Waals surface area (Å²) in [6.45, 7) is 3.83. The van der Waals surface area contributed by atoms with E-state index in [1.54, 1.807) is 0 Å². The molecule has 1 aliphatic heterocycles. The van der Waals surface area contributed by atoms with Crippen LogP contribution in [-0.2, 0) is 6.42 Å². The lowest BCUT2D eigenvalue weighted by Crippen LogP contribution is -2.44. The Morgan fingerprint density at radius 2 is 2.21 bits per heavy atom. The van der Waals surface area contributed by atoms with Crippen molar-refractivity contribution in [2.75, 3.05) is 13.1 Å². The molecule has 0 aromatic heterocycles. The number of piperidine rings is 1. The summed E-state index contributed by atoms with van der Waals surface area (Å²) in [7, 11) is 0. The van der Waals surface area contributed by atoms with E-state index in [1.807, 2.05) is 4.90 Å². The van der Waals surface area contributed by atoms with Crippen molar-refractivity contribution in [1.82, 2.24) is 10.2 Å². The molecule has 1 aromatic rings. The Kier molecular flexibility index (Phi) is 3.45. The predicted octanol–water partition coefficient (Wildman–Crippen LogP) is 2.73. The van der Waals surface area contributed by atoms with E-state index in [0.717, 1.165) is 25.4 Å². The zero-order chi connectivity index (χ0) is 13.2. The van der Waals surface area contributed by atoms with E-state index >= 15 is 0 Å². The van der Waals surface area contributed by atoms with Crippen LogP contribution in [0.15, 0.2) is 24.3 Å². The van der Waals surface area contributed by atoms with Gasteiger partial charge in [-0.05, 0) is 49.7 Å². The van der Waals surface area contributed by atoms with Crippen LogP contribution in [0.3, 0.4) is 0 Å². The van der Waals surface area contributed by atoms with E-state index in [0.29, 0.717) is 6.04 Å². The third kappa shape index (κ3) is 2.60. The van der Waals surface area contributed by atoms with E-state index in [4.69, 9.17) is 0 Å². The van der Waals surface area contributed by atoms with Crippen LogP contribution in [0.25, 0.3) is 0 Å². The fourth-order valence-corrected chi connectivity index (χ4v) is 3.47. The Balaban J connectivity index is 1.48. The Morgan fingerprint density at radius 1 is 1.37 bits per heavy atom. The highest BCUT2D eigenvalue weighted by Gasteiger charge is 2.39. The second kappa shape index (κ2) is 5.24. The number of hydrogen-bond donors (Lipinski definition) is 1. The first-order chi connectivity index (χ1) is 9.24. The third-order valence-corrected chi connectivity index (χ3v) is 4.60. The summed E-state index contributed by atoms with van der Waals surface area (Å²) in [6.07, 6.45) is 4.67. The number of benzene rings is 1. The summed E-state index contributed by atoms with van der Waals surface area (Å²) < 4.78 is 0. The molecular formula is C16H22N2O. The van der Waals surface area contributed by atoms with Gasteiger partial charge in [0, 0.05) is 19.1 Å². The summed E-state index contributed by atoms with van der Waals surface area (Å²) >= 11 is 0. The van der Waals surface area contributed by atoms with E-state index in [-0.39, 0.29) is 6.03 Å². The van der Waals surface area contributed by atoms with Gasteiger partial charge in [-0.3, -0.25) is 0 Å². The van der Waals surface area contributed by atoms with Gasteiger partial charge in [0.1, 0.15) is 0 Å². The average molecular weight is 258 g/mol. The molecule has 1 N–H and O–H groups in total. The van der Waals surface area contributed by atoms with E-state index in [2.05, 4.69) is 36.5 Å². The molecule has 2 bridgehead atoms. The molecule has 3 heteroatoms. The van der Waals surface area contributed by atoms with E-state index in [1.165, 1.54) is 30.4 Å². The zero-order valence-corrected chi connectivity index (χ0v) is 11.6. The Labute approximate surface area is 115 Å². The fraction of sp³-hybridized carbons (Fsp3) is 0.562. The minimum Gasteiger partial charge on any atom is -0.338 e. The number of likely N-dealkylation sites (tertiary alicyclic amines) is 1. The Morgan fingerprint density at radius 3 is 2.89 bits per heavy atom. The molecule has 3 nitrogen and oxygen atoms in total. The van der Waals surface area contributed by atoms with Crippen LogP contribution in [0, 0.1) is 12.8 Å².